The second-order valence-corrected chi connectivity index (χ2v) is 22.7. The van der Waals surface area contributed by atoms with E-state index in [-0.39, 0.29) is 22.1 Å². The maximum Gasteiger partial charge on any atom is 0.351 e. The Morgan fingerprint density at radius 1 is 1.15 bits per heavy atom. The summed E-state index contributed by atoms with van der Waals surface area (Å²) in [6.45, 7) is 22.6. The van der Waals surface area contributed by atoms with E-state index in [1.165, 1.54) is 4.57 Å². The van der Waals surface area contributed by atoms with Gasteiger partial charge in [-0.15, -0.1) is 0 Å². The molecule has 10 heteroatoms. The van der Waals surface area contributed by atoms with E-state index in [0.717, 1.165) is 19.0 Å². The number of nitrogen functional groups attached to an aromatic ring is 1. The lowest BCUT2D eigenvalue weighted by molar-refractivity contribution is -0.136. The largest absolute Gasteiger partial charge is 0.414 e. The maximum atomic E-state index is 14.3. The summed E-state index contributed by atoms with van der Waals surface area (Å²) in [4.78, 5) is 16.3. The van der Waals surface area contributed by atoms with Gasteiger partial charge in [0.2, 0.25) is 0 Å². The Bertz CT molecular complexity index is 966. The van der Waals surface area contributed by atoms with Crippen LogP contribution < -0.4 is 11.4 Å². The minimum absolute atomic E-state index is 0.00631. The zero-order valence-corrected chi connectivity index (χ0v) is 24.6. The van der Waals surface area contributed by atoms with E-state index in [4.69, 9.17) is 19.3 Å². The van der Waals surface area contributed by atoms with E-state index in [1.54, 1.807) is 0 Å². The molecule has 34 heavy (non-hydrogen) atoms. The highest BCUT2D eigenvalue weighted by Crippen LogP contribution is 2.54. The molecular weight excluding hydrogens is 469 g/mol. The van der Waals surface area contributed by atoms with Crippen molar-refractivity contribution in [2.45, 2.75) is 115 Å². The Morgan fingerprint density at radius 2 is 1.71 bits per heavy atom. The van der Waals surface area contributed by atoms with E-state index in [1.807, 2.05) is 0 Å². The van der Waals surface area contributed by atoms with Crippen LogP contribution in [0.25, 0.3) is 0 Å². The van der Waals surface area contributed by atoms with Crippen LogP contribution in [0.15, 0.2) is 11.0 Å². The molecular formula is C24H44FN3O4Si2. The van der Waals surface area contributed by atoms with Crippen molar-refractivity contribution < 1.29 is 18.0 Å². The van der Waals surface area contributed by atoms with Gasteiger partial charge >= 0.3 is 5.69 Å². The fraction of sp³-hybridized carbons (Fsp3) is 0.833. The minimum Gasteiger partial charge on any atom is -0.414 e. The first kappa shape index (κ1) is 27.5. The third-order valence-electron chi connectivity index (χ3n) is 8.54. The summed E-state index contributed by atoms with van der Waals surface area (Å²) in [6.07, 6.45) is 2.64. The zero-order valence-electron chi connectivity index (χ0n) is 22.6. The van der Waals surface area contributed by atoms with Gasteiger partial charge in [0.1, 0.15) is 11.8 Å². The van der Waals surface area contributed by atoms with E-state index in [9.17, 15) is 9.18 Å². The summed E-state index contributed by atoms with van der Waals surface area (Å²) in [5.41, 5.74) is 4.21. The Labute approximate surface area is 205 Å². The van der Waals surface area contributed by atoms with Gasteiger partial charge in [0, 0.05) is 6.42 Å². The average molecular weight is 514 g/mol. The first-order chi connectivity index (χ1) is 15.3. The molecule has 3 atom stereocenters. The topological polar surface area (TPSA) is 88.6 Å². The molecule has 0 amide bonds. The number of nitrogens with two attached hydrogens (primary N) is 1. The molecule has 0 radical (unpaired) electrons. The van der Waals surface area contributed by atoms with Crippen molar-refractivity contribution in [3.05, 3.63) is 22.5 Å². The molecule has 3 rings (SSSR count). The Kier molecular flexibility index (Phi) is 7.11. The highest BCUT2D eigenvalue weighted by atomic mass is 28.4. The highest BCUT2D eigenvalue weighted by Gasteiger charge is 2.61. The molecule has 1 aromatic heterocycles. The molecule has 0 spiro atoms. The summed E-state index contributed by atoms with van der Waals surface area (Å²) in [6, 6.07) is 0. The first-order valence-corrected chi connectivity index (χ1v) is 18.2. The molecule has 7 nitrogen and oxygen atoms in total. The zero-order chi connectivity index (χ0) is 25.9. The molecule has 0 unspecified atom stereocenters. The molecule has 0 bridgehead atoms. The standard InChI is InChI=1S/C24H44FN3O4Si2/c1-22(2,3)33(7,8)30-15-24(16-11-12-16)18(32-34(9,10)23(4,5)6)13-19(31-24)28-14-17(25)20(26)27-21(28)29/h14,16,18-19H,11-13,15H2,1-10H3,(H2,26,27,29)/t18-,19+,24-/m0/s1. The highest BCUT2D eigenvalue weighted by molar-refractivity contribution is 6.74. The van der Waals surface area contributed by atoms with Crippen LogP contribution in [0.1, 0.15) is 67.0 Å². The molecule has 1 saturated heterocycles. The molecule has 0 aromatic carbocycles. The van der Waals surface area contributed by atoms with Crippen LogP contribution in [0, 0.1) is 11.7 Å². The molecule has 1 aromatic rings. The van der Waals surface area contributed by atoms with Gasteiger partial charge in [-0.1, -0.05) is 41.5 Å². The number of halogens is 1. The average Bonchev–Trinajstić information content (AvgIpc) is 3.45. The number of ether oxygens (including phenoxy) is 1. The van der Waals surface area contributed by atoms with Crippen molar-refractivity contribution in [2.75, 3.05) is 12.3 Å². The number of anilines is 1. The lowest BCUT2D eigenvalue weighted by Crippen LogP contribution is -2.56. The third kappa shape index (κ3) is 5.21. The van der Waals surface area contributed by atoms with Gasteiger partial charge in [0.05, 0.1) is 18.9 Å². The van der Waals surface area contributed by atoms with Crippen LogP contribution in [0.4, 0.5) is 10.2 Å². The molecule has 1 aliphatic heterocycles. The third-order valence-corrected chi connectivity index (χ3v) is 17.5. The van der Waals surface area contributed by atoms with Crippen molar-refractivity contribution in [2.24, 2.45) is 5.92 Å². The predicted octanol–water partition coefficient (Wildman–Crippen LogP) is 5.44. The monoisotopic (exact) mass is 513 g/mol. The van der Waals surface area contributed by atoms with E-state index >= 15 is 0 Å². The van der Waals surface area contributed by atoms with Gasteiger partial charge in [-0.05, 0) is 55.0 Å². The van der Waals surface area contributed by atoms with Crippen LogP contribution in [0.3, 0.4) is 0 Å². The van der Waals surface area contributed by atoms with Crippen LogP contribution in [0.5, 0.6) is 0 Å². The van der Waals surface area contributed by atoms with E-state index in [2.05, 4.69) is 72.7 Å². The predicted molar refractivity (Wildman–Crippen MR) is 138 cm³/mol. The fourth-order valence-electron chi connectivity index (χ4n) is 3.96. The molecule has 2 heterocycles. The second-order valence-electron chi connectivity index (χ2n) is 13.1. The van der Waals surface area contributed by atoms with Crippen molar-refractivity contribution in [1.82, 2.24) is 9.55 Å². The van der Waals surface area contributed by atoms with Crippen LogP contribution in [-0.2, 0) is 13.6 Å². The van der Waals surface area contributed by atoms with Crippen LogP contribution >= 0.6 is 0 Å². The molecule has 194 valence electrons. The van der Waals surface area contributed by atoms with Crippen LogP contribution in [-0.4, -0.2) is 44.5 Å². The summed E-state index contributed by atoms with van der Waals surface area (Å²) >= 11 is 0. The normalized spacial score (nSPS) is 26.8. The molecule has 1 aliphatic carbocycles. The van der Waals surface area contributed by atoms with Crippen LogP contribution in [0.2, 0.25) is 36.3 Å². The summed E-state index contributed by atoms with van der Waals surface area (Å²) < 4.78 is 35.9. The van der Waals surface area contributed by atoms with E-state index in [0.29, 0.717) is 13.0 Å². The van der Waals surface area contributed by atoms with E-state index < -0.39 is 45.8 Å². The minimum atomic E-state index is -2.17. The van der Waals surface area contributed by atoms with Gasteiger partial charge in [-0.25, -0.2) is 9.18 Å². The molecule has 2 N–H and O–H groups in total. The lowest BCUT2D eigenvalue weighted by atomic mass is 9.92. The van der Waals surface area contributed by atoms with Crippen molar-refractivity contribution in [1.29, 1.82) is 0 Å². The Morgan fingerprint density at radius 3 is 2.21 bits per heavy atom. The van der Waals surface area contributed by atoms with Gasteiger partial charge < -0.3 is 19.3 Å². The fourth-order valence-corrected chi connectivity index (χ4v) is 6.34. The number of aromatic nitrogens is 2. The number of hydrogen-bond acceptors (Lipinski definition) is 6. The second kappa shape index (κ2) is 8.79. The van der Waals surface area contributed by atoms with Crippen molar-refractivity contribution in [3.63, 3.8) is 0 Å². The lowest BCUT2D eigenvalue weighted by Gasteiger charge is -2.45. The van der Waals surface area contributed by atoms with Gasteiger partial charge in [-0.3, -0.25) is 4.57 Å². The smallest absolute Gasteiger partial charge is 0.351 e. The van der Waals surface area contributed by atoms with Crippen molar-refractivity contribution in [3.8, 4) is 0 Å². The molecule has 2 aliphatic rings. The van der Waals surface area contributed by atoms with Gasteiger partial charge in [0.25, 0.3) is 0 Å². The SMILES string of the molecule is CC(C)(C)[Si](C)(C)OC[C@@]1(C2CC2)O[C@@H](n2cc(F)c(N)nc2=O)C[C@@H]1O[Si](C)(C)C(C)(C)C. The Hall–Kier alpha value is -1.08. The van der Waals surface area contributed by atoms with Crippen molar-refractivity contribution >= 4 is 22.5 Å². The van der Waals surface area contributed by atoms with Gasteiger partial charge in [-0.2, -0.15) is 4.98 Å². The maximum absolute atomic E-state index is 14.3. The summed E-state index contributed by atoms with van der Waals surface area (Å²) in [5, 5.41) is 0.0544. The first-order valence-electron chi connectivity index (χ1n) is 12.3. The van der Waals surface area contributed by atoms with Gasteiger partial charge in [0.15, 0.2) is 28.3 Å². The number of rotatable bonds is 7. The Balaban J connectivity index is 2.02. The number of nitrogens with zero attached hydrogens (tertiary/aromatic N) is 2. The molecule has 2 fully saturated rings. The summed E-state index contributed by atoms with van der Waals surface area (Å²) in [7, 11) is -4.25. The summed E-state index contributed by atoms with van der Waals surface area (Å²) in [5.74, 6) is -0.853. The number of hydrogen-bond donors (Lipinski definition) is 1. The molecule has 1 saturated carbocycles. The quantitative estimate of drug-likeness (QED) is 0.488.